The highest BCUT2D eigenvalue weighted by Gasteiger charge is 2.19. The second-order valence-corrected chi connectivity index (χ2v) is 6.40. The summed E-state index contributed by atoms with van der Waals surface area (Å²) in [4.78, 5) is 15.4. The Morgan fingerprint density at radius 3 is 2.21 bits per heavy atom. The molecule has 3 nitrogen and oxygen atoms in total. The molecule has 2 aromatic rings. The summed E-state index contributed by atoms with van der Waals surface area (Å²) in [7, 11) is 0. The fraction of sp³-hybridized carbons (Fsp3) is 0.238. The number of aryl methyl sites for hydroxylation is 3. The van der Waals surface area contributed by atoms with Crippen molar-refractivity contribution >= 4 is 11.5 Å². The van der Waals surface area contributed by atoms with E-state index in [1.165, 1.54) is 22.4 Å². The highest BCUT2D eigenvalue weighted by Crippen LogP contribution is 2.30. The van der Waals surface area contributed by atoms with Gasteiger partial charge in [-0.15, -0.1) is 0 Å². The Balaban J connectivity index is 1.70. The number of Topliss-reactive ketones (excluding diaryl/α,β-unsaturated/α-hetero) is 1. The summed E-state index contributed by atoms with van der Waals surface area (Å²) in [6, 6.07) is 12.1. The summed E-state index contributed by atoms with van der Waals surface area (Å²) in [5.74, 6) is 0.0947. The number of hydrogen-bond donors (Lipinski definition) is 0. The first kappa shape index (κ1) is 16.3. The molecule has 0 atom stereocenters. The van der Waals surface area contributed by atoms with Gasteiger partial charge in [-0.2, -0.15) is 0 Å². The normalized spacial score (nSPS) is 13.7. The molecule has 1 aliphatic rings. The van der Waals surface area contributed by atoms with E-state index >= 15 is 0 Å². The maximum Gasteiger partial charge on any atom is 0.213 e. The van der Waals surface area contributed by atoms with Crippen molar-refractivity contribution in [1.29, 1.82) is 0 Å². The molecule has 0 saturated heterocycles. The Morgan fingerprint density at radius 1 is 1.00 bits per heavy atom. The molecule has 0 unspecified atom stereocenters. The molecule has 24 heavy (non-hydrogen) atoms. The van der Waals surface area contributed by atoms with Crippen molar-refractivity contribution in [3.8, 4) is 0 Å². The van der Waals surface area contributed by atoms with E-state index < -0.39 is 0 Å². The van der Waals surface area contributed by atoms with Crippen LogP contribution in [0.15, 0.2) is 48.8 Å². The topological polar surface area (TPSA) is 23.6 Å². The van der Waals surface area contributed by atoms with E-state index in [1.807, 2.05) is 46.5 Å². The van der Waals surface area contributed by atoms with Crippen LogP contribution in [0, 0.1) is 27.4 Å². The van der Waals surface area contributed by atoms with Gasteiger partial charge in [0.1, 0.15) is 0 Å². The molecule has 0 aromatic heterocycles. The molecule has 0 spiro atoms. The number of carbonyl (C=O) groups excluding carboxylic acids is 1. The molecular formula is C21H22N2O. The first-order valence-electron chi connectivity index (χ1n) is 8.12. The van der Waals surface area contributed by atoms with Crippen LogP contribution >= 0.6 is 0 Å². The van der Waals surface area contributed by atoms with Crippen LogP contribution in [0.1, 0.15) is 39.5 Å². The second-order valence-electron chi connectivity index (χ2n) is 6.40. The Morgan fingerprint density at radius 2 is 1.62 bits per heavy atom. The summed E-state index contributed by atoms with van der Waals surface area (Å²) in [6.07, 6.45) is 4.06. The molecule has 0 amide bonds. The fourth-order valence-corrected chi connectivity index (χ4v) is 3.16. The van der Waals surface area contributed by atoms with Crippen molar-refractivity contribution < 1.29 is 4.79 Å². The monoisotopic (exact) mass is 318 g/mol. The van der Waals surface area contributed by atoms with E-state index in [-0.39, 0.29) is 5.78 Å². The molecule has 2 radical (unpaired) electrons. The zero-order valence-corrected chi connectivity index (χ0v) is 14.6. The number of rotatable bonds is 4. The molecule has 122 valence electrons. The second kappa shape index (κ2) is 6.52. The van der Waals surface area contributed by atoms with Gasteiger partial charge < -0.3 is 9.80 Å². The van der Waals surface area contributed by atoms with Crippen molar-refractivity contribution in [2.24, 2.45) is 0 Å². The van der Waals surface area contributed by atoms with Crippen molar-refractivity contribution in [2.45, 2.75) is 34.2 Å². The van der Waals surface area contributed by atoms with Crippen molar-refractivity contribution in [1.82, 2.24) is 4.90 Å². The molecule has 1 heterocycles. The van der Waals surface area contributed by atoms with E-state index in [9.17, 15) is 4.79 Å². The quantitative estimate of drug-likeness (QED) is 0.770. The standard InChI is InChI=1S/C21H22N2O/c1-15-11-16(2)21(17(3)12-15)23-10-9-22(14-23)13-19-5-7-20(8-6-19)18(4)24/h5-12H,13H2,1-4H3. The minimum atomic E-state index is 0.0947. The van der Waals surface area contributed by atoms with E-state index in [1.54, 1.807) is 6.92 Å². The predicted octanol–water partition coefficient (Wildman–Crippen LogP) is 4.60. The SMILES string of the molecule is CC(=O)c1ccc(CN2[C]N(c3c(C)cc(C)cc3C)C=C2)cc1. The lowest BCUT2D eigenvalue weighted by Crippen LogP contribution is -2.20. The van der Waals surface area contributed by atoms with Crippen LogP contribution < -0.4 is 4.90 Å². The summed E-state index contributed by atoms with van der Waals surface area (Å²) in [6.45, 7) is 12.1. The lowest BCUT2D eigenvalue weighted by molar-refractivity contribution is 0.101. The summed E-state index contributed by atoms with van der Waals surface area (Å²) in [5.41, 5.74) is 6.85. The van der Waals surface area contributed by atoms with E-state index in [2.05, 4.69) is 39.6 Å². The maximum atomic E-state index is 11.3. The van der Waals surface area contributed by atoms with E-state index in [0.717, 1.165) is 17.7 Å². The number of hydrogen-bond acceptors (Lipinski definition) is 3. The van der Waals surface area contributed by atoms with Gasteiger partial charge >= 0.3 is 0 Å². The van der Waals surface area contributed by atoms with Crippen molar-refractivity contribution in [2.75, 3.05) is 4.90 Å². The lowest BCUT2D eigenvalue weighted by Gasteiger charge is -2.23. The molecule has 0 aliphatic carbocycles. The molecule has 3 rings (SSSR count). The summed E-state index contributed by atoms with van der Waals surface area (Å²) >= 11 is 0. The lowest BCUT2D eigenvalue weighted by atomic mass is 10.0. The van der Waals surface area contributed by atoms with Gasteiger partial charge in [0.25, 0.3) is 0 Å². The van der Waals surface area contributed by atoms with Crippen LogP contribution in [-0.4, -0.2) is 10.7 Å². The highest BCUT2D eigenvalue weighted by atomic mass is 16.1. The van der Waals surface area contributed by atoms with Gasteiger partial charge in [-0.25, -0.2) is 0 Å². The molecule has 0 saturated carbocycles. The molecule has 0 fully saturated rings. The van der Waals surface area contributed by atoms with Crippen molar-refractivity contribution in [3.05, 3.63) is 83.3 Å². The minimum Gasteiger partial charge on any atom is -0.342 e. The number of benzene rings is 2. The molecule has 1 aliphatic heterocycles. The number of carbonyl (C=O) groups is 1. The van der Waals surface area contributed by atoms with Gasteiger partial charge in [-0.1, -0.05) is 42.0 Å². The van der Waals surface area contributed by atoms with Crippen LogP contribution in [0.25, 0.3) is 0 Å². The zero-order chi connectivity index (χ0) is 17.3. The minimum absolute atomic E-state index is 0.0947. The molecule has 2 aromatic carbocycles. The van der Waals surface area contributed by atoms with Crippen molar-refractivity contribution in [3.63, 3.8) is 0 Å². The third-order valence-electron chi connectivity index (χ3n) is 4.22. The average molecular weight is 318 g/mol. The largest absolute Gasteiger partial charge is 0.342 e. The molecule has 3 heteroatoms. The molecule has 0 bridgehead atoms. The van der Waals surface area contributed by atoms with Gasteiger partial charge in [-0.05, 0) is 44.4 Å². The van der Waals surface area contributed by atoms with Crippen LogP contribution in [0.2, 0.25) is 0 Å². The Kier molecular flexibility index (Phi) is 4.43. The number of nitrogens with zero attached hydrogens (tertiary/aromatic N) is 2. The first-order chi connectivity index (χ1) is 11.4. The van der Waals surface area contributed by atoms with E-state index in [4.69, 9.17) is 0 Å². The van der Waals surface area contributed by atoms with E-state index in [0.29, 0.717) is 0 Å². The fourth-order valence-electron chi connectivity index (χ4n) is 3.16. The smallest absolute Gasteiger partial charge is 0.213 e. The third kappa shape index (κ3) is 3.35. The van der Waals surface area contributed by atoms with Gasteiger partial charge in [0.15, 0.2) is 5.78 Å². The van der Waals surface area contributed by atoms with Gasteiger partial charge in [-0.3, -0.25) is 4.79 Å². The number of anilines is 1. The Hall–Kier alpha value is -2.55. The van der Waals surface area contributed by atoms with Crippen LogP contribution in [0.3, 0.4) is 0 Å². The number of ketones is 1. The summed E-state index contributed by atoms with van der Waals surface area (Å²) < 4.78 is 0. The Labute approximate surface area is 144 Å². The Bertz CT molecular complexity index is 767. The maximum absolute atomic E-state index is 11.3. The first-order valence-corrected chi connectivity index (χ1v) is 8.12. The average Bonchev–Trinajstić information content (AvgIpc) is 2.95. The van der Waals surface area contributed by atoms with Gasteiger partial charge in [0.05, 0.1) is 0 Å². The van der Waals surface area contributed by atoms with Crippen LogP contribution in [0.5, 0.6) is 0 Å². The summed E-state index contributed by atoms with van der Waals surface area (Å²) in [5, 5.41) is 0. The zero-order valence-electron chi connectivity index (χ0n) is 14.6. The van der Waals surface area contributed by atoms with Crippen LogP contribution in [0.4, 0.5) is 5.69 Å². The van der Waals surface area contributed by atoms with Crippen LogP contribution in [-0.2, 0) is 6.54 Å². The highest BCUT2D eigenvalue weighted by molar-refractivity contribution is 5.94. The predicted molar refractivity (Wildman–Crippen MR) is 97.5 cm³/mol. The molecular weight excluding hydrogens is 296 g/mol. The molecule has 0 N–H and O–H groups in total. The third-order valence-corrected chi connectivity index (χ3v) is 4.22. The van der Waals surface area contributed by atoms with Gasteiger partial charge in [0, 0.05) is 30.2 Å². The van der Waals surface area contributed by atoms with Gasteiger partial charge in [0.2, 0.25) is 6.67 Å².